The maximum absolute atomic E-state index is 13.8. The lowest BCUT2D eigenvalue weighted by atomic mass is 10.0. The molecule has 0 amide bonds. The molecule has 0 saturated heterocycles. The molecule has 0 spiro atoms. The van der Waals surface area contributed by atoms with E-state index in [2.05, 4.69) is 15.9 Å². The first-order valence-corrected chi connectivity index (χ1v) is 6.33. The Kier molecular flexibility index (Phi) is 4.27. The van der Waals surface area contributed by atoms with Crippen LogP contribution in [0.15, 0.2) is 40.9 Å². The van der Waals surface area contributed by atoms with Gasteiger partial charge >= 0.3 is 0 Å². The van der Waals surface area contributed by atoms with Gasteiger partial charge in [0.25, 0.3) is 0 Å². The molecule has 0 aliphatic heterocycles. The molecule has 0 aliphatic carbocycles. The summed E-state index contributed by atoms with van der Waals surface area (Å²) in [5, 5.41) is 9.96. The number of hydrogen-bond donors (Lipinski definition) is 1. The van der Waals surface area contributed by atoms with Crippen molar-refractivity contribution in [1.29, 1.82) is 0 Å². The summed E-state index contributed by atoms with van der Waals surface area (Å²) in [7, 11) is 0. The lowest BCUT2D eigenvalue weighted by molar-refractivity contribution is 0.173. The third kappa shape index (κ3) is 3.36. The van der Waals surface area contributed by atoms with Gasteiger partial charge in [0.1, 0.15) is 17.5 Å². The highest BCUT2D eigenvalue weighted by Crippen LogP contribution is 2.26. The van der Waals surface area contributed by atoms with Gasteiger partial charge < -0.3 is 5.11 Å². The Morgan fingerprint density at radius 3 is 2.32 bits per heavy atom. The summed E-state index contributed by atoms with van der Waals surface area (Å²) in [5.41, 5.74) is 0.350. The standard InChI is InChI=1S/C14H10BrF3O/c15-12-3-1-2-11(14(12)18)13(19)6-8-4-9(16)7-10(17)5-8/h1-5,7,13,19H,6H2. The van der Waals surface area contributed by atoms with Gasteiger partial charge in [-0.1, -0.05) is 12.1 Å². The molecule has 0 radical (unpaired) electrons. The van der Waals surface area contributed by atoms with Gasteiger partial charge in [0, 0.05) is 18.1 Å². The molecule has 19 heavy (non-hydrogen) atoms. The maximum Gasteiger partial charge on any atom is 0.143 e. The van der Waals surface area contributed by atoms with Crippen LogP contribution in [0.2, 0.25) is 0 Å². The maximum atomic E-state index is 13.8. The Morgan fingerprint density at radius 1 is 1.05 bits per heavy atom. The lowest BCUT2D eigenvalue weighted by Gasteiger charge is -2.13. The molecule has 2 aromatic carbocycles. The highest BCUT2D eigenvalue weighted by molar-refractivity contribution is 9.10. The van der Waals surface area contributed by atoms with Crippen LogP contribution in [0.25, 0.3) is 0 Å². The third-order valence-corrected chi connectivity index (χ3v) is 3.30. The van der Waals surface area contributed by atoms with E-state index in [1.807, 2.05) is 0 Å². The van der Waals surface area contributed by atoms with Crippen LogP contribution in [0.3, 0.4) is 0 Å². The van der Waals surface area contributed by atoms with Crippen LogP contribution in [-0.4, -0.2) is 5.11 Å². The molecule has 1 atom stereocenters. The summed E-state index contributed by atoms with van der Waals surface area (Å²) in [5.74, 6) is -2.03. The lowest BCUT2D eigenvalue weighted by Crippen LogP contribution is -2.05. The number of hydrogen-bond acceptors (Lipinski definition) is 1. The van der Waals surface area contributed by atoms with E-state index in [0.717, 1.165) is 18.2 Å². The predicted octanol–water partition coefficient (Wildman–Crippen LogP) is 4.14. The Morgan fingerprint density at radius 2 is 1.68 bits per heavy atom. The Bertz CT molecular complexity index is 581. The Balaban J connectivity index is 2.25. The Hall–Kier alpha value is -1.33. The van der Waals surface area contributed by atoms with Crippen LogP contribution in [0.5, 0.6) is 0 Å². The van der Waals surface area contributed by atoms with Gasteiger partial charge in [0.2, 0.25) is 0 Å². The molecule has 0 bridgehead atoms. The van der Waals surface area contributed by atoms with Gasteiger partial charge in [-0.15, -0.1) is 0 Å². The van der Waals surface area contributed by atoms with Crippen LogP contribution in [0, 0.1) is 17.5 Å². The molecular weight excluding hydrogens is 321 g/mol. The number of rotatable bonds is 3. The average Bonchev–Trinajstić information content (AvgIpc) is 2.31. The number of aliphatic hydroxyl groups excluding tert-OH is 1. The fraction of sp³-hybridized carbons (Fsp3) is 0.143. The molecule has 2 aromatic rings. The fourth-order valence-corrected chi connectivity index (χ4v) is 2.22. The van der Waals surface area contributed by atoms with Crippen molar-refractivity contribution < 1.29 is 18.3 Å². The summed E-state index contributed by atoms with van der Waals surface area (Å²) < 4.78 is 40.0. The fourth-order valence-electron chi connectivity index (χ4n) is 1.84. The number of benzene rings is 2. The minimum atomic E-state index is -1.17. The Labute approximate surface area is 116 Å². The summed E-state index contributed by atoms with van der Waals surface area (Å²) in [6, 6.07) is 7.49. The minimum absolute atomic E-state index is 0.0674. The van der Waals surface area contributed by atoms with Crippen molar-refractivity contribution in [3.05, 3.63) is 69.4 Å². The molecule has 0 saturated carbocycles. The molecule has 1 nitrogen and oxygen atoms in total. The van der Waals surface area contributed by atoms with Gasteiger partial charge in [-0.25, -0.2) is 13.2 Å². The van der Waals surface area contributed by atoms with Crippen LogP contribution in [-0.2, 0) is 6.42 Å². The van der Waals surface area contributed by atoms with E-state index in [9.17, 15) is 18.3 Å². The van der Waals surface area contributed by atoms with E-state index in [-0.39, 0.29) is 22.0 Å². The number of halogens is 4. The van der Waals surface area contributed by atoms with E-state index in [0.29, 0.717) is 0 Å². The predicted molar refractivity (Wildman–Crippen MR) is 69.1 cm³/mol. The zero-order chi connectivity index (χ0) is 14.0. The van der Waals surface area contributed by atoms with Crippen molar-refractivity contribution in [2.24, 2.45) is 0 Å². The van der Waals surface area contributed by atoms with Gasteiger partial charge in [-0.2, -0.15) is 0 Å². The van der Waals surface area contributed by atoms with Crippen molar-refractivity contribution >= 4 is 15.9 Å². The van der Waals surface area contributed by atoms with Crippen molar-refractivity contribution in [1.82, 2.24) is 0 Å². The monoisotopic (exact) mass is 330 g/mol. The van der Waals surface area contributed by atoms with E-state index in [1.165, 1.54) is 12.1 Å². The molecule has 0 aromatic heterocycles. The topological polar surface area (TPSA) is 20.2 Å². The SMILES string of the molecule is OC(Cc1cc(F)cc(F)c1)c1cccc(Br)c1F. The summed E-state index contributed by atoms with van der Waals surface area (Å²) in [6.07, 6.45) is -1.24. The molecule has 0 aliphatic rings. The summed E-state index contributed by atoms with van der Waals surface area (Å²) in [4.78, 5) is 0. The van der Waals surface area contributed by atoms with Gasteiger partial charge in [0.05, 0.1) is 10.6 Å². The largest absolute Gasteiger partial charge is 0.388 e. The molecular formula is C14H10BrF3O. The smallest absolute Gasteiger partial charge is 0.143 e. The minimum Gasteiger partial charge on any atom is -0.388 e. The third-order valence-electron chi connectivity index (χ3n) is 2.69. The quantitative estimate of drug-likeness (QED) is 0.896. The molecule has 5 heteroatoms. The molecule has 100 valence electrons. The highest BCUT2D eigenvalue weighted by atomic mass is 79.9. The zero-order valence-electron chi connectivity index (χ0n) is 9.71. The second-order valence-electron chi connectivity index (χ2n) is 4.14. The molecule has 1 N–H and O–H groups in total. The molecule has 0 heterocycles. The van der Waals surface area contributed by atoms with E-state index < -0.39 is 23.6 Å². The van der Waals surface area contributed by atoms with Crippen LogP contribution in [0.4, 0.5) is 13.2 Å². The normalized spacial score (nSPS) is 12.5. The average molecular weight is 331 g/mol. The van der Waals surface area contributed by atoms with Crippen molar-refractivity contribution in [2.75, 3.05) is 0 Å². The van der Waals surface area contributed by atoms with Crippen LogP contribution >= 0.6 is 15.9 Å². The summed E-state index contributed by atoms with van der Waals surface area (Å²) >= 11 is 3.02. The first kappa shape index (κ1) is 14.1. The molecule has 2 rings (SSSR count). The zero-order valence-corrected chi connectivity index (χ0v) is 11.3. The summed E-state index contributed by atoms with van der Waals surface area (Å²) in [6.45, 7) is 0. The van der Waals surface area contributed by atoms with Gasteiger partial charge in [-0.05, 0) is 39.7 Å². The van der Waals surface area contributed by atoms with Crippen molar-refractivity contribution in [3.8, 4) is 0 Å². The van der Waals surface area contributed by atoms with Crippen LogP contribution < -0.4 is 0 Å². The van der Waals surface area contributed by atoms with Gasteiger partial charge in [0.15, 0.2) is 0 Å². The van der Waals surface area contributed by atoms with Crippen molar-refractivity contribution in [2.45, 2.75) is 12.5 Å². The number of aliphatic hydroxyl groups is 1. The molecule has 0 fully saturated rings. The van der Waals surface area contributed by atoms with Crippen LogP contribution in [0.1, 0.15) is 17.2 Å². The van der Waals surface area contributed by atoms with E-state index in [1.54, 1.807) is 6.07 Å². The van der Waals surface area contributed by atoms with Gasteiger partial charge in [-0.3, -0.25) is 0 Å². The second kappa shape index (κ2) is 5.75. The van der Waals surface area contributed by atoms with E-state index >= 15 is 0 Å². The first-order valence-electron chi connectivity index (χ1n) is 5.54. The first-order chi connectivity index (χ1) is 8.97. The molecule has 1 unspecified atom stereocenters. The second-order valence-corrected chi connectivity index (χ2v) is 5.00. The highest BCUT2D eigenvalue weighted by Gasteiger charge is 2.16. The van der Waals surface area contributed by atoms with E-state index in [4.69, 9.17) is 0 Å². The van der Waals surface area contributed by atoms with Crippen molar-refractivity contribution in [3.63, 3.8) is 0 Å².